The predicted molar refractivity (Wildman–Crippen MR) is 48.6 cm³/mol. The molecular formula is C9H17NO3. The van der Waals surface area contributed by atoms with E-state index in [0.29, 0.717) is 13.2 Å². The van der Waals surface area contributed by atoms with Crippen molar-refractivity contribution in [1.29, 1.82) is 0 Å². The van der Waals surface area contributed by atoms with Crippen molar-refractivity contribution < 1.29 is 14.3 Å². The van der Waals surface area contributed by atoms with Crippen molar-refractivity contribution in [2.75, 3.05) is 19.8 Å². The fraction of sp³-hybridized carbons (Fsp3) is 0.889. The van der Waals surface area contributed by atoms with Gasteiger partial charge in [-0.25, -0.2) is 4.79 Å². The van der Waals surface area contributed by atoms with E-state index in [-0.39, 0.29) is 12.2 Å². The third-order valence-corrected chi connectivity index (χ3v) is 1.99. The van der Waals surface area contributed by atoms with Crippen LogP contribution < -0.4 is 5.32 Å². The highest BCUT2D eigenvalue weighted by molar-refractivity contribution is 5.67. The average molecular weight is 187 g/mol. The van der Waals surface area contributed by atoms with Gasteiger partial charge in [0.1, 0.15) is 6.61 Å². The lowest BCUT2D eigenvalue weighted by molar-refractivity contribution is -0.0795. The molecule has 1 aliphatic rings. The van der Waals surface area contributed by atoms with Crippen LogP contribution >= 0.6 is 0 Å². The molecule has 1 heterocycles. The van der Waals surface area contributed by atoms with E-state index in [1.807, 2.05) is 0 Å². The second kappa shape index (κ2) is 5.80. The van der Waals surface area contributed by atoms with Crippen molar-refractivity contribution in [2.45, 2.75) is 32.3 Å². The van der Waals surface area contributed by atoms with Gasteiger partial charge < -0.3 is 14.8 Å². The van der Waals surface area contributed by atoms with E-state index in [4.69, 9.17) is 9.47 Å². The molecule has 1 aliphatic heterocycles. The Hall–Kier alpha value is -0.770. The Balaban J connectivity index is 1.90. The fourth-order valence-corrected chi connectivity index (χ4v) is 1.00. The number of hydrogen-bond donors (Lipinski definition) is 1. The number of alkyl carbamates (subject to hydrolysis) is 1. The van der Waals surface area contributed by atoms with Gasteiger partial charge in [-0.15, -0.1) is 0 Å². The molecule has 76 valence electrons. The van der Waals surface area contributed by atoms with Gasteiger partial charge in [-0.2, -0.15) is 0 Å². The highest BCUT2D eigenvalue weighted by Gasteiger charge is 2.19. The van der Waals surface area contributed by atoms with Crippen LogP contribution in [0.3, 0.4) is 0 Å². The van der Waals surface area contributed by atoms with Crippen molar-refractivity contribution in [3.8, 4) is 0 Å². The number of unbranched alkanes of at least 4 members (excludes halogenated alkanes) is 1. The summed E-state index contributed by atoms with van der Waals surface area (Å²) in [6.45, 7) is 3.96. The third kappa shape index (κ3) is 4.12. The van der Waals surface area contributed by atoms with Crippen LogP contribution in [0.25, 0.3) is 0 Å². The first-order valence-electron chi connectivity index (χ1n) is 4.85. The summed E-state index contributed by atoms with van der Waals surface area (Å²) < 4.78 is 10.0. The van der Waals surface area contributed by atoms with E-state index in [9.17, 15) is 4.79 Å². The molecule has 0 aliphatic carbocycles. The van der Waals surface area contributed by atoms with Crippen LogP contribution in [0, 0.1) is 0 Å². The summed E-state index contributed by atoms with van der Waals surface area (Å²) in [5.74, 6) is 0. The molecule has 0 aromatic heterocycles. The zero-order chi connectivity index (χ0) is 9.52. The van der Waals surface area contributed by atoms with Crippen LogP contribution in [0.4, 0.5) is 4.79 Å². The second-order valence-electron chi connectivity index (χ2n) is 3.16. The lowest BCUT2D eigenvalue weighted by atomic mass is 10.2. The highest BCUT2D eigenvalue weighted by atomic mass is 16.6. The minimum absolute atomic E-state index is 0.136. The quantitative estimate of drug-likeness (QED) is 0.660. The van der Waals surface area contributed by atoms with Crippen LogP contribution in [0.15, 0.2) is 0 Å². The maximum Gasteiger partial charge on any atom is 0.407 e. The summed E-state index contributed by atoms with van der Waals surface area (Å²) in [5, 5.41) is 2.67. The first kappa shape index (κ1) is 10.3. The Morgan fingerprint density at radius 1 is 1.69 bits per heavy atom. The molecule has 1 saturated heterocycles. The Morgan fingerprint density at radius 3 is 3.00 bits per heavy atom. The third-order valence-electron chi connectivity index (χ3n) is 1.99. The van der Waals surface area contributed by atoms with Gasteiger partial charge in [0.05, 0.1) is 6.10 Å². The molecule has 0 radical (unpaired) electrons. The van der Waals surface area contributed by atoms with E-state index < -0.39 is 0 Å². The van der Waals surface area contributed by atoms with Crippen molar-refractivity contribution in [3.63, 3.8) is 0 Å². The number of amides is 1. The molecule has 0 aromatic carbocycles. The minimum Gasteiger partial charge on any atom is -0.447 e. The van der Waals surface area contributed by atoms with Crippen molar-refractivity contribution in [2.24, 2.45) is 0 Å². The first-order chi connectivity index (χ1) is 6.33. The van der Waals surface area contributed by atoms with Crippen LogP contribution in [-0.2, 0) is 9.47 Å². The van der Waals surface area contributed by atoms with Gasteiger partial charge in [0.2, 0.25) is 0 Å². The van der Waals surface area contributed by atoms with Gasteiger partial charge in [0, 0.05) is 19.6 Å². The first-order valence-corrected chi connectivity index (χ1v) is 4.85. The van der Waals surface area contributed by atoms with Gasteiger partial charge in [-0.05, 0) is 6.42 Å². The van der Waals surface area contributed by atoms with Crippen LogP contribution in [0.1, 0.15) is 26.2 Å². The van der Waals surface area contributed by atoms with Gasteiger partial charge in [-0.3, -0.25) is 0 Å². The second-order valence-corrected chi connectivity index (χ2v) is 3.16. The SMILES string of the molecule is CCCCNC(=O)OCC1CCO1. The summed E-state index contributed by atoms with van der Waals surface area (Å²) in [4.78, 5) is 11.0. The maximum atomic E-state index is 11.0. The maximum absolute atomic E-state index is 11.0. The molecule has 4 nitrogen and oxygen atoms in total. The summed E-state index contributed by atoms with van der Waals surface area (Å²) in [7, 11) is 0. The lowest BCUT2D eigenvalue weighted by Gasteiger charge is -2.25. The van der Waals surface area contributed by atoms with Crippen LogP contribution in [0.2, 0.25) is 0 Å². The van der Waals surface area contributed by atoms with Gasteiger partial charge in [0.15, 0.2) is 0 Å². The molecule has 4 heteroatoms. The molecule has 0 spiro atoms. The molecule has 1 N–H and O–H groups in total. The van der Waals surface area contributed by atoms with Crippen molar-refractivity contribution in [1.82, 2.24) is 5.32 Å². The number of carbonyl (C=O) groups excluding carboxylic acids is 1. The van der Waals surface area contributed by atoms with E-state index in [2.05, 4.69) is 12.2 Å². The topological polar surface area (TPSA) is 47.6 Å². The summed E-state index contributed by atoms with van der Waals surface area (Å²) >= 11 is 0. The zero-order valence-electron chi connectivity index (χ0n) is 8.04. The van der Waals surface area contributed by atoms with Crippen molar-refractivity contribution in [3.05, 3.63) is 0 Å². The summed E-state index contributed by atoms with van der Waals surface area (Å²) in [5.41, 5.74) is 0. The number of carbonyl (C=O) groups is 1. The predicted octanol–water partition coefficient (Wildman–Crippen LogP) is 1.30. The van der Waals surface area contributed by atoms with Gasteiger partial charge >= 0.3 is 6.09 Å². The average Bonchev–Trinajstić information content (AvgIpc) is 2.02. The van der Waals surface area contributed by atoms with E-state index >= 15 is 0 Å². The molecule has 13 heavy (non-hydrogen) atoms. The molecule has 1 unspecified atom stereocenters. The molecule has 0 aromatic rings. The zero-order valence-corrected chi connectivity index (χ0v) is 8.04. The summed E-state index contributed by atoms with van der Waals surface area (Å²) in [6.07, 6.45) is 2.88. The van der Waals surface area contributed by atoms with Gasteiger partial charge in [-0.1, -0.05) is 13.3 Å². The molecule has 1 amide bonds. The van der Waals surface area contributed by atoms with Crippen molar-refractivity contribution >= 4 is 6.09 Å². The standard InChI is InChI=1S/C9H17NO3/c1-2-3-5-10-9(11)13-7-8-4-6-12-8/h8H,2-7H2,1H3,(H,10,11). The summed E-state index contributed by atoms with van der Waals surface area (Å²) in [6, 6.07) is 0. The largest absolute Gasteiger partial charge is 0.447 e. The Bertz CT molecular complexity index is 157. The number of rotatable bonds is 5. The molecule has 0 bridgehead atoms. The van der Waals surface area contributed by atoms with Crippen LogP contribution in [-0.4, -0.2) is 32.0 Å². The van der Waals surface area contributed by atoms with Gasteiger partial charge in [0.25, 0.3) is 0 Å². The Kier molecular flexibility index (Phi) is 4.60. The number of hydrogen-bond acceptors (Lipinski definition) is 3. The lowest BCUT2D eigenvalue weighted by Crippen LogP contribution is -2.35. The molecule has 1 fully saturated rings. The Labute approximate surface area is 78.6 Å². The number of ether oxygens (including phenoxy) is 2. The number of nitrogens with one attached hydrogen (secondary N) is 1. The Morgan fingerprint density at radius 2 is 2.46 bits per heavy atom. The highest BCUT2D eigenvalue weighted by Crippen LogP contribution is 2.10. The molecule has 1 rings (SSSR count). The van der Waals surface area contributed by atoms with Crippen LogP contribution in [0.5, 0.6) is 0 Å². The fourth-order valence-electron chi connectivity index (χ4n) is 1.00. The van der Waals surface area contributed by atoms with E-state index in [1.54, 1.807) is 0 Å². The van der Waals surface area contributed by atoms with E-state index in [0.717, 1.165) is 25.9 Å². The minimum atomic E-state index is -0.330. The monoisotopic (exact) mass is 187 g/mol. The molecular weight excluding hydrogens is 170 g/mol. The van der Waals surface area contributed by atoms with E-state index in [1.165, 1.54) is 0 Å². The smallest absolute Gasteiger partial charge is 0.407 e. The molecule has 0 saturated carbocycles. The molecule has 1 atom stereocenters. The normalized spacial score (nSPS) is 20.5.